The molecule has 0 aromatic heterocycles. The first-order valence-corrected chi connectivity index (χ1v) is 7.98. The van der Waals surface area contributed by atoms with Gasteiger partial charge >= 0.3 is 0 Å². The van der Waals surface area contributed by atoms with E-state index in [0.29, 0.717) is 18.6 Å². The van der Waals surface area contributed by atoms with Crippen molar-refractivity contribution in [3.05, 3.63) is 48.6 Å². The van der Waals surface area contributed by atoms with Crippen molar-refractivity contribution >= 4 is 5.78 Å². The Bertz CT molecular complexity index is 710. The van der Waals surface area contributed by atoms with E-state index in [-0.39, 0.29) is 11.7 Å². The van der Waals surface area contributed by atoms with E-state index in [9.17, 15) is 15.0 Å². The highest BCUT2D eigenvalue weighted by atomic mass is 16.6. The average Bonchev–Trinajstić information content (AvgIpc) is 2.79. The molecule has 1 aromatic rings. The third-order valence-electron chi connectivity index (χ3n) is 5.42. The monoisotopic (exact) mass is 330 g/mol. The summed E-state index contributed by atoms with van der Waals surface area (Å²) in [6, 6.07) is 4.92. The van der Waals surface area contributed by atoms with Crippen LogP contribution in [0, 0.1) is 11.3 Å². The number of phenols is 1. The zero-order chi connectivity index (χ0) is 17.5. The summed E-state index contributed by atoms with van der Waals surface area (Å²) in [5, 5.41) is 20.9. The maximum absolute atomic E-state index is 12.4. The molecule has 2 N–H and O–H groups in total. The van der Waals surface area contributed by atoms with Crippen molar-refractivity contribution in [1.82, 2.24) is 0 Å². The van der Waals surface area contributed by atoms with Gasteiger partial charge in [0, 0.05) is 5.41 Å². The van der Waals surface area contributed by atoms with Crippen molar-refractivity contribution < 1.29 is 24.5 Å². The van der Waals surface area contributed by atoms with E-state index < -0.39 is 23.1 Å². The molecule has 0 bridgehead atoms. The number of hydrogen-bond acceptors (Lipinski definition) is 5. The van der Waals surface area contributed by atoms with Crippen LogP contribution in [0.25, 0.3) is 0 Å². The van der Waals surface area contributed by atoms with Gasteiger partial charge in [-0.3, -0.25) is 4.79 Å². The lowest BCUT2D eigenvalue weighted by molar-refractivity contribution is -0.229. The molecule has 0 radical (unpaired) electrons. The number of fused-ring (bicyclic) bond motifs is 1. The summed E-state index contributed by atoms with van der Waals surface area (Å²) < 4.78 is 11.1. The Morgan fingerprint density at radius 3 is 2.92 bits per heavy atom. The van der Waals surface area contributed by atoms with Crippen LogP contribution in [0.1, 0.15) is 31.4 Å². The molecule has 1 saturated heterocycles. The van der Waals surface area contributed by atoms with Crippen LogP contribution in [0.4, 0.5) is 0 Å². The summed E-state index contributed by atoms with van der Waals surface area (Å²) in [5.74, 6) is -2.08. The first-order valence-electron chi connectivity index (χ1n) is 7.98. The van der Waals surface area contributed by atoms with Crippen LogP contribution >= 0.6 is 0 Å². The Labute approximate surface area is 141 Å². The molecule has 0 spiro atoms. The zero-order valence-corrected chi connectivity index (χ0v) is 13.9. The lowest BCUT2D eigenvalue weighted by Gasteiger charge is -2.42. The van der Waals surface area contributed by atoms with Gasteiger partial charge in [-0.1, -0.05) is 25.1 Å². The van der Waals surface area contributed by atoms with Gasteiger partial charge in [0.1, 0.15) is 0 Å². The summed E-state index contributed by atoms with van der Waals surface area (Å²) >= 11 is 0. The molecule has 0 amide bonds. The first-order chi connectivity index (χ1) is 11.4. The predicted molar refractivity (Wildman–Crippen MR) is 88.6 cm³/mol. The van der Waals surface area contributed by atoms with Crippen molar-refractivity contribution in [3.8, 4) is 11.5 Å². The molecule has 4 atom stereocenters. The third-order valence-corrected chi connectivity index (χ3v) is 5.42. The molecule has 3 rings (SSSR count). The van der Waals surface area contributed by atoms with Gasteiger partial charge < -0.3 is 19.7 Å². The van der Waals surface area contributed by atoms with Crippen molar-refractivity contribution in [2.75, 3.05) is 7.11 Å². The quantitative estimate of drug-likeness (QED) is 0.830. The number of allylic oxidation sites excluding steroid dienone is 2. The van der Waals surface area contributed by atoms with Gasteiger partial charge in [0.25, 0.3) is 0 Å². The maximum atomic E-state index is 12.4. The van der Waals surface area contributed by atoms with E-state index in [2.05, 4.69) is 6.58 Å². The fraction of sp³-hybridized carbons (Fsp3) is 0.421. The minimum atomic E-state index is -1.87. The molecule has 0 saturated carbocycles. The topological polar surface area (TPSA) is 76.0 Å². The van der Waals surface area contributed by atoms with E-state index in [0.717, 1.165) is 5.56 Å². The van der Waals surface area contributed by atoms with Gasteiger partial charge in [0.2, 0.25) is 11.6 Å². The number of methoxy groups -OCH3 is 1. The van der Waals surface area contributed by atoms with E-state index in [1.807, 2.05) is 6.92 Å². The van der Waals surface area contributed by atoms with Gasteiger partial charge in [-0.2, -0.15) is 0 Å². The number of ketones is 1. The fourth-order valence-corrected chi connectivity index (χ4v) is 4.01. The zero-order valence-electron chi connectivity index (χ0n) is 13.9. The largest absolute Gasteiger partial charge is 0.504 e. The van der Waals surface area contributed by atoms with Gasteiger partial charge in [-0.25, -0.2) is 0 Å². The van der Waals surface area contributed by atoms with Crippen LogP contribution in [-0.4, -0.2) is 28.9 Å². The second-order valence-electron chi connectivity index (χ2n) is 6.52. The molecule has 1 aromatic carbocycles. The molecule has 2 aliphatic rings. The lowest BCUT2D eigenvalue weighted by atomic mass is 9.62. The summed E-state index contributed by atoms with van der Waals surface area (Å²) in [6.45, 7) is 5.75. The van der Waals surface area contributed by atoms with Crippen molar-refractivity contribution in [1.29, 1.82) is 0 Å². The van der Waals surface area contributed by atoms with Gasteiger partial charge in [0.15, 0.2) is 11.5 Å². The highest BCUT2D eigenvalue weighted by Gasteiger charge is 2.66. The standard InChI is InChI=1S/C19H22O5/c1-4-9-18-10-5-6-16(21)19(18,22)24-17(12(18)2)13-7-8-14(20)15(11-13)23-3/h4-8,11-12,17,20,22H,1,9-10H2,2-3H3/t12-,17+,18-,19-/m0/s1. The summed E-state index contributed by atoms with van der Waals surface area (Å²) in [6.07, 6.45) is 5.40. The summed E-state index contributed by atoms with van der Waals surface area (Å²) in [7, 11) is 1.47. The van der Waals surface area contributed by atoms with Crippen molar-refractivity contribution in [3.63, 3.8) is 0 Å². The Morgan fingerprint density at radius 2 is 2.25 bits per heavy atom. The average molecular weight is 330 g/mol. The van der Waals surface area contributed by atoms with Gasteiger partial charge in [-0.05, 0) is 42.5 Å². The van der Waals surface area contributed by atoms with Crippen LogP contribution in [0.5, 0.6) is 11.5 Å². The van der Waals surface area contributed by atoms with Crippen molar-refractivity contribution in [2.45, 2.75) is 31.7 Å². The van der Waals surface area contributed by atoms with Crippen LogP contribution in [-0.2, 0) is 9.53 Å². The molecule has 128 valence electrons. The summed E-state index contributed by atoms with van der Waals surface area (Å²) in [4.78, 5) is 12.4. The van der Waals surface area contributed by atoms with E-state index >= 15 is 0 Å². The van der Waals surface area contributed by atoms with Gasteiger partial charge in [-0.15, -0.1) is 6.58 Å². The fourth-order valence-electron chi connectivity index (χ4n) is 4.01. The number of carbonyl (C=O) groups is 1. The van der Waals surface area contributed by atoms with Crippen LogP contribution < -0.4 is 4.74 Å². The Morgan fingerprint density at radius 1 is 1.50 bits per heavy atom. The minimum Gasteiger partial charge on any atom is -0.504 e. The molecule has 0 unspecified atom stereocenters. The van der Waals surface area contributed by atoms with Crippen molar-refractivity contribution in [2.24, 2.45) is 11.3 Å². The van der Waals surface area contributed by atoms with Crippen LogP contribution in [0.15, 0.2) is 43.0 Å². The van der Waals surface area contributed by atoms with E-state index in [4.69, 9.17) is 9.47 Å². The predicted octanol–water partition coefficient (Wildman–Crippen LogP) is 2.89. The molecular weight excluding hydrogens is 308 g/mol. The number of rotatable bonds is 4. The number of carbonyl (C=O) groups excluding carboxylic acids is 1. The van der Waals surface area contributed by atoms with E-state index in [1.54, 1.807) is 24.3 Å². The molecular formula is C19H22O5. The molecule has 5 nitrogen and oxygen atoms in total. The SMILES string of the molecule is C=CC[C@@]12CC=CC(=O)[C@]1(O)O[C@@H](c1ccc(O)c(OC)c1)[C@@H]2C. The molecule has 5 heteroatoms. The van der Waals surface area contributed by atoms with Crippen LogP contribution in [0.3, 0.4) is 0 Å². The highest BCUT2D eigenvalue weighted by molar-refractivity contribution is 5.97. The molecule has 1 aliphatic carbocycles. The second-order valence-corrected chi connectivity index (χ2v) is 6.52. The number of aliphatic hydroxyl groups is 1. The van der Waals surface area contributed by atoms with Crippen LogP contribution in [0.2, 0.25) is 0 Å². The van der Waals surface area contributed by atoms with E-state index in [1.165, 1.54) is 19.3 Å². The number of ether oxygens (including phenoxy) is 2. The third kappa shape index (κ3) is 2.12. The molecule has 24 heavy (non-hydrogen) atoms. The molecule has 1 fully saturated rings. The molecule has 1 aliphatic heterocycles. The Hall–Kier alpha value is -2.11. The highest BCUT2D eigenvalue weighted by Crippen LogP contribution is 2.61. The van der Waals surface area contributed by atoms with Gasteiger partial charge in [0.05, 0.1) is 13.2 Å². The smallest absolute Gasteiger partial charge is 0.237 e. The second kappa shape index (κ2) is 5.76. The number of phenolic OH excluding ortho intramolecular Hbond substituents is 1. The number of hydrogen-bond donors (Lipinski definition) is 2. The number of benzene rings is 1. The maximum Gasteiger partial charge on any atom is 0.237 e. The lowest BCUT2D eigenvalue weighted by Crippen LogP contribution is -2.54. The molecule has 1 heterocycles. The number of aromatic hydroxyl groups is 1. The Kier molecular flexibility index (Phi) is 4.01. The minimum absolute atomic E-state index is 0.0292. The Balaban J connectivity index is 2.07. The normalized spacial score (nSPS) is 34.9. The summed E-state index contributed by atoms with van der Waals surface area (Å²) in [5.41, 5.74) is -0.00711. The first kappa shape index (κ1) is 16.7.